The summed E-state index contributed by atoms with van der Waals surface area (Å²) in [6.07, 6.45) is 10.7. The van der Waals surface area contributed by atoms with Crippen LogP contribution in [0.5, 0.6) is 0 Å². The summed E-state index contributed by atoms with van der Waals surface area (Å²) < 4.78 is 2.49. The molecule has 2 atom stereocenters. The molecule has 0 spiro atoms. The second kappa shape index (κ2) is 8.44. The maximum Gasteiger partial charge on any atom is -1.00 e. The van der Waals surface area contributed by atoms with Crippen molar-refractivity contribution >= 4 is 29.4 Å². The van der Waals surface area contributed by atoms with E-state index in [2.05, 4.69) is 84.7 Å². The van der Waals surface area contributed by atoms with Gasteiger partial charge in [0.25, 0.3) is 0 Å². The van der Waals surface area contributed by atoms with Gasteiger partial charge in [-0.3, -0.25) is 0 Å². The Hall–Kier alpha value is -0.850. The molecule has 1 aromatic heterocycles. The second-order valence-electron chi connectivity index (χ2n) is 6.34. The van der Waals surface area contributed by atoms with Gasteiger partial charge in [-0.25, -0.2) is 0 Å². The summed E-state index contributed by atoms with van der Waals surface area (Å²) in [5.74, 6) is 2.48. The van der Waals surface area contributed by atoms with E-state index in [-0.39, 0.29) is 32.3 Å². The molecule has 5 rings (SSSR count). The van der Waals surface area contributed by atoms with Crippen LogP contribution in [0, 0.1) is 0 Å². The number of rotatable bonds is 3. The van der Waals surface area contributed by atoms with Crippen LogP contribution in [-0.2, 0) is 22.9 Å². The molecule has 0 saturated heterocycles. The third-order valence-corrected chi connectivity index (χ3v) is 14.0. The maximum atomic E-state index is 2.52. The SMILES string of the molecule is C1=CC[C]([Hf+2][CH]2C(p3ccc4ccccc43)=Cc3ccccc32)=C1.[Cl-].[Cl-]. The van der Waals surface area contributed by atoms with Crippen LogP contribution in [0.1, 0.15) is 21.2 Å². The predicted molar refractivity (Wildman–Crippen MR) is 102 cm³/mol. The first-order chi connectivity index (χ1) is 11.9. The van der Waals surface area contributed by atoms with Gasteiger partial charge in [0.1, 0.15) is 0 Å². The number of benzene rings is 2. The van der Waals surface area contributed by atoms with E-state index in [1.807, 2.05) is 0 Å². The maximum absolute atomic E-state index is 2.52. The van der Waals surface area contributed by atoms with Crippen LogP contribution in [0.3, 0.4) is 0 Å². The molecule has 0 amide bonds. The molecule has 4 heteroatoms. The number of fused-ring (bicyclic) bond motifs is 2. The molecule has 0 radical (unpaired) electrons. The minimum atomic E-state index is -0.901. The predicted octanol–water partition coefficient (Wildman–Crippen LogP) is 0.814. The van der Waals surface area contributed by atoms with Crippen LogP contribution < -0.4 is 24.8 Å². The first-order valence-electron chi connectivity index (χ1n) is 8.39. The monoisotopic (exact) mass is 562 g/mol. The van der Waals surface area contributed by atoms with Crippen molar-refractivity contribution in [2.24, 2.45) is 0 Å². The van der Waals surface area contributed by atoms with Crippen molar-refractivity contribution < 1.29 is 47.7 Å². The van der Waals surface area contributed by atoms with Gasteiger partial charge in [0.2, 0.25) is 0 Å². The normalized spacial score (nSPS) is 17.7. The van der Waals surface area contributed by atoms with E-state index >= 15 is 0 Å². The van der Waals surface area contributed by atoms with Gasteiger partial charge < -0.3 is 24.8 Å². The summed E-state index contributed by atoms with van der Waals surface area (Å²) >= 11 is -0.901. The van der Waals surface area contributed by atoms with E-state index in [0.29, 0.717) is 0 Å². The van der Waals surface area contributed by atoms with E-state index in [4.69, 9.17) is 0 Å². The molecule has 0 fully saturated rings. The van der Waals surface area contributed by atoms with Crippen molar-refractivity contribution in [1.82, 2.24) is 0 Å². The smallest absolute Gasteiger partial charge is 1.00 e. The van der Waals surface area contributed by atoms with Crippen molar-refractivity contribution in [3.63, 3.8) is 0 Å². The summed E-state index contributed by atoms with van der Waals surface area (Å²) in [7, 11) is -0.286. The molecule has 0 nitrogen and oxygen atoms in total. The van der Waals surface area contributed by atoms with Crippen LogP contribution in [0.2, 0.25) is 0 Å². The van der Waals surface area contributed by atoms with E-state index in [9.17, 15) is 0 Å². The average molecular weight is 562 g/mol. The van der Waals surface area contributed by atoms with Gasteiger partial charge in [-0.1, -0.05) is 0 Å². The van der Waals surface area contributed by atoms with E-state index in [1.54, 1.807) is 19.3 Å². The first kappa shape index (κ1) is 19.9. The molecule has 128 valence electrons. The summed E-state index contributed by atoms with van der Waals surface area (Å²) in [6.45, 7) is 0. The summed E-state index contributed by atoms with van der Waals surface area (Å²) in [5, 5.41) is 4.69. The quantitative estimate of drug-likeness (QED) is 0.416. The molecule has 0 aliphatic heterocycles. The molecule has 0 saturated carbocycles. The zero-order chi connectivity index (χ0) is 15.9. The number of hydrogen-bond acceptors (Lipinski definition) is 0. The standard InChI is InChI=1S/C17H12P.C5H5.2ClH.Hf/c1-2-7-15-12-16(11-14(15)6-1)18-10-9-13-5-3-4-8-17(13)18;1-2-4-5-3-1;;;/h1-12H;1-3H,4H2;2*1H;/q;;;;+2/p-2. The molecule has 2 aromatic carbocycles. The zero-order valence-electron chi connectivity index (χ0n) is 14.1. The molecular weight excluding hydrogens is 545 g/mol. The number of hydrogen-bond donors (Lipinski definition) is 0. The minimum Gasteiger partial charge on any atom is -1.00 e. The number of halogens is 2. The van der Waals surface area contributed by atoms with E-state index in [1.165, 1.54) is 17.4 Å². The molecule has 26 heavy (non-hydrogen) atoms. The van der Waals surface area contributed by atoms with Crippen LogP contribution >= 0.6 is 7.53 Å². The minimum absolute atomic E-state index is 0. The van der Waals surface area contributed by atoms with Crippen LogP contribution in [0.4, 0.5) is 0 Å². The van der Waals surface area contributed by atoms with Gasteiger partial charge in [0.05, 0.1) is 0 Å². The van der Waals surface area contributed by atoms with Gasteiger partial charge in [0, 0.05) is 0 Å². The van der Waals surface area contributed by atoms with Crippen molar-refractivity contribution in [1.29, 1.82) is 0 Å². The Balaban J connectivity index is 0.000000980. The summed E-state index contributed by atoms with van der Waals surface area (Å²) in [4.78, 5) is 0. The summed E-state index contributed by atoms with van der Waals surface area (Å²) in [5.41, 5.74) is 3.07. The third kappa shape index (κ3) is 3.48. The van der Waals surface area contributed by atoms with Gasteiger partial charge in [-0.15, -0.1) is 0 Å². The molecule has 3 aromatic rings. The molecule has 1 heterocycles. The molecule has 0 bridgehead atoms. The van der Waals surface area contributed by atoms with Crippen molar-refractivity contribution in [3.05, 3.63) is 93.1 Å². The molecule has 2 aliphatic rings. The Morgan fingerprint density at radius 2 is 1.73 bits per heavy atom. The zero-order valence-corrected chi connectivity index (χ0v) is 20.1. The third-order valence-electron chi connectivity index (χ3n) is 4.88. The Labute approximate surface area is 179 Å². The van der Waals surface area contributed by atoms with Crippen molar-refractivity contribution in [2.45, 2.75) is 10.1 Å². The first-order valence-corrected chi connectivity index (χ1v) is 13.7. The Bertz CT molecular complexity index is 1030. The van der Waals surface area contributed by atoms with Crippen LogP contribution in [0.25, 0.3) is 21.9 Å². The van der Waals surface area contributed by atoms with Crippen LogP contribution in [-0.4, -0.2) is 0 Å². The Kier molecular flexibility index (Phi) is 6.46. The fraction of sp³-hybridized carbons (Fsp3) is 0.0909. The van der Waals surface area contributed by atoms with Gasteiger partial charge in [-0.2, -0.15) is 0 Å². The molecule has 2 unspecified atom stereocenters. The van der Waals surface area contributed by atoms with Gasteiger partial charge in [-0.05, 0) is 0 Å². The van der Waals surface area contributed by atoms with E-state index < -0.39 is 22.9 Å². The average Bonchev–Trinajstić information content (AvgIpc) is 3.34. The largest absolute Gasteiger partial charge is 1.00 e. The second-order valence-corrected chi connectivity index (χ2v) is 13.8. The topological polar surface area (TPSA) is 0 Å². The van der Waals surface area contributed by atoms with Gasteiger partial charge >= 0.3 is 156 Å². The number of allylic oxidation sites excluding steroid dienone is 5. The molecule has 0 N–H and O–H groups in total. The Morgan fingerprint density at radius 3 is 2.58 bits per heavy atom. The van der Waals surface area contributed by atoms with E-state index in [0.717, 1.165) is 3.67 Å². The van der Waals surface area contributed by atoms with Gasteiger partial charge in [0.15, 0.2) is 0 Å². The molecular formula is C22H17Cl2HfP. The summed E-state index contributed by atoms with van der Waals surface area (Å²) in [6, 6.07) is 20.4. The Morgan fingerprint density at radius 1 is 0.923 bits per heavy atom. The molecule has 2 aliphatic carbocycles. The fourth-order valence-electron chi connectivity index (χ4n) is 3.72. The van der Waals surface area contributed by atoms with Crippen molar-refractivity contribution in [2.75, 3.05) is 0 Å². The van der Waals surface area contributed by atoms with Crippen LogP contribution in [0.15, 0.2) is 82.0 Å². The van der Waals surface area contributed by atoms with Crippen molar-refractivity contribution in [3.8, 4) is 0 Å². The fourth-order valence-corrected chi connectivity index (χ4v) is 13.2.